The molecule has 1 saturated heterocycles. The van der Waals surface area contributed by atoms with E-state index in [9.17, 15) is 27.2 Å². The number of ether oxygens (including phenoxy) is 1. The monoisotopic (exact) mass is 474 g/mol. The summed E-state index contributed by atoms with van der Waals surface area (Å²) in [7, 11) is -3.85. The third-order valence-corrected chi connectivity index (χ3v) is 7.05. The van der Waals surface area contributed by atoms with Crippen LogP contribution in [-0.4, -0.2) is 55.8 Å². The SMILES string of the molecule is NC(=O)c1cc(NC(=O)c2cc(=O)[nH]c3ccc(S(=O)(=O)N4CCOCC4)cc23)ccc1F. The van der Waals surface area contributed by atoms with Crippen LogP contribution in [0.25, 0.3) is 10.9 Å². The second-order valence-corrected chi connectivity index (χ2v) is 9.22. The lowest BCUT2D eigenvalue weighted by atomic mass is 10.1. The summed E-state index contributed by atoms with van der Waals surface area (Å²) in [6, 6.07) is 8.36. The zero-order valence-electron chi connectivity index (χ0n) is 17.1. The van der Waals surface area contributed by atoms with Crippen LogP contribution in [0.4, 0.5) is 10.1 Å². The van der Waals surface area contributed by atoms with E-state index in [1.54, 1.807) is 0 Å². The quantitative estimate of drug-likeness (QED) is 0.503. The fourth-order valence-corrected chi connectivity index (χ4v) is 4.94. The first kappa shape index (κ1) is 22.6. The zero-order valence-corrected chi connectivity index (χ0v) is 17.9. The van der Waals surface area contributed by atoms with Crippen LogP contribution in [0.2, 0.25) is 0 Å². The smallest absolute Gasteiger partial charge is 0.256 e. The number of nitrogens with zero attached hydrogens (tertiary/aromatic N) is 1. The van der Waals surface area contributed by atoms with E-state index < -0.39 is 38.8 Å². The average molecular weight is 474 g/mol. The number of primary amides is 1. The molecule has 0 unspecified atom stereocenters. The Morgan fingerprint density at radius 1 is 1.06 bits per heavy atom. The van der Waals surface area contributed by atoms with Crippen LogP contribution in [-0.2, 0) is 14.8 Å². The first-order valence-electron chi connectivity index (χ1n) is 9.82. The summed E-state index contributed by atoms with van der Waals surface area (Å²) in [6.45, 7) is 0.954. The van der Waals surface area contributed by atoms with E-state index in [0.29, 0.717) is 0 Å². The van der Waals surface area contributed by atoms with Gasteiger partial charge in [0.15, 0.2) is 0 Å². The number of nitrogens with two attached hydrogens (primary N) is 1. The Kier molecular flexibility index (Phi) is 5.97. The van der Waals surface area contributed by atoms with Crippen LogP contribution < -0.4 is 16.6 Å². The number of aromatic amines is 1. The molecule has 0 aliphatic carbocycles. The van der Waals surface area contributed by atoms with Crippen molar-refractivity contribution in [3.05, 3.63) is 69.8 Å². The van der Waals surface area contributed by atoms with Gasteiger partial charge in [-0.05, 0) is 36.4 Å². The van der Waals surface area contributed by atoms with Crippen molar-refractivity contribution in [3.8, 4) is 0 Å². The van der Waals surface area contributed by atoms with Crippen LogP contribution in [0.1, 0.15) is 20.7 Å². The fraction of sp³-hybridized carbons (Fsp3) is 0.190. The van der Waals surface area contributed by atoms with E-state index in [0.717, 1.165) is 18.2 Å². The predicted octanol–water partition coefficient (Wildman–Crippen LogP) is 1.04. The highest BCUT2D eigenvalue weighted by molar-refractivity contribution is 7.89. The molecule has 10 nitrogen and oxygen atoms in total. The first-order chi connectivity index (χ1) is 15.7. The van der Waals surface area contributed by atoms with Gasteiger partial charge in [0.2, 0.25) is 15.6 Å². The van der Waals surface area contributed by atoms with Crippen molar-refractivity contribution in [2.24, 2.45) is 5.73 Å². The van der Waals surface area contributed by atoms with E-state index in [4.69, 9.17) is 10.5 Å². The third kappa shape index (κ3) is 4.49. The number of carbonyl (C=O) groups is 2. The molecule has 0 saturated carbocycles. The van der Waals surface area contributed by atoms with Crippen molar-refractivity contribution < 1.29 is 27.1 Å². The number of rotatable bonds is 5. The minimum atomic E-state index is -3.85. The number of amides is 2. The summed E-state index contributed by atoms with van der Waals surface area (Å²) in [4.78, 5) is 38.9. The van der Waals surface area contributed by atoms with Crippen molar-refractivity contribution in [1.29, 1.82) is 0 Å². The Morgan fingerprint density at radius 3 is 2.48 bits per heavy atom. The molecule has 0 radical (unpaired) electrons. The normalized spacial score (nSPS) is 14.8. The first-order valence-corrected chi connectivity index (χ1v) is 11.3. The van der Waals surface area contributed by atoms with E-state index in [1.165, 1.54) is 28.6 Å². The predicted molar refractivity (Wildman–Crippen MR) is 117 cm³/mol. The Morgan fingerprint density at radius 2 is 1.79 bits per heavy atom. The molecule has 172 valence electrons. The third-order valence-electron chi connectivity index (χ3n) is 5.16. The molecule has 0 spiro atoms. The number of carbonyl (C=O) groups excluding carboxylic acids is 2. The topological polar surface area (TPSA) is 152 Å². The van der Waals surface area contributed by atoms with Gasteiger partial charge in [0.1, 0.15) is 5.82 Å². The molecule has 1 aliphatic heterocycles. The number of sulfonamides is 1. The van der Waals surface area contributed by atoms with Crippen molar-refractivity contribution in [2.75, 3.05) is 31.6 Å². The van der Waals surface area contributed by atoms with Crippen LogP contribution in [0.5, 0.6) is 0 Å². The maximum Gasteiger partial charge on any atom is 0.256 e. The molecule has 3 aromatic rings. The molecular weight excluding hydrogens is 455 g/mol. The van der Waals surface area contributed by atoms with Crippen molar-refractivity contribution in [1.82, 2.24) is 9.29 Å². The zero-order chi connectivity index (χ0) is 23.8. The molecule has 0 bridgehead atoms. The summed E-state index contributed by atoms with van der Waals surface area (Å²) < 4.78 is 46.3. The number of anilines is 1. The molecule has 33 heavy (non-hydrogen) atoms. The number of benzene rings is 2. The summed E-state index contributed by atoms with van der Waals surface area (Å²) >= 11 is 0. The molecule has 2 amide bonds. The number of aromatic nitrogens is 1. The molecule has 1 aliphatic rings. The Balaban J connectivity index is 1.75. The van der Waals surface area contributed by atoms with E-state index in [-0.39, 0.29) is 53.4 Å². The van der Waals surface area contributed by atoms with Gasteiger partial charge in [-0.2, -0.15) is 4.31 Å². The van der Waals surface area contributed by atoms with E-state index in [1.807, 2.05) is 0 Å². The van der Waals surface area contributed by atoms with Gasteiger partial charge in [-0.3, -0.25) is 14.4 Å². The fourth-order valence-electron chi connectivity index (χ4n) is 3.51. The molecule has 0 atom stereocenters. The molecule has 2 heterocycles. The second-order valence-electron chi connectivity index (χ2n) is 7.28. The highest BCUT2D eigenvalue weighted by Gasteiger charge is 2.27. The molecule has 4 rings (SSSR count). The number of hydrogen-bond acceptors (Lipinski definition) is 6. The Bertz CT molecular complexity index is 1430. The van der Waals surface area contributed by atoms with Crippen molar-refractivity contribution >= 4 is 38.4 Å². The lowest BCUT2D eigenvalue weighted by molar-refractivity contribution is 0.0730. The summed E-state index contributed by atoms with van der Waals surface area (Å²) in [6.07, 6.45) is 0. The number of hydrogen-bond donors (Lipinski definition) is 3. The van der Waals surface area contributed by atoms with Crippen LogP contribution in [0.3, 0.4) is 0 Å². The Hall–Kier alpha value is -3.61. The maximum absolute atomic E-state index is 13.7. The Labute approximate surface area is 187 Å². The van der Waals surface area contributed by atoms with Crippen LogP contribution in [0, 0.1) is 5.82 Å². The summed E-state index contributed by atoms with van der Waals surface area (Å²) in [5, 5.41) is 2.67. The van der Waals surface area contributed by atoms with E-state index in [2.05, 4.69) is 10.3 Å². The number of morpholine rings is 1. The lowest BCUT2D eigenvalue weighted by Crippen LogP contribution is -2.40. The largest absolute Gasteiger partial charge is 0.379 e. The summed E-state index contributed by atoms with van der Waals surface area (Å²) in [5.74, 6) is -2.61. The van der Waals surface area contributed by atoms with E-state index >= 15 is 0 Å². The average Bonchev–Trinajstić information content (AvgIpc) is 2.79. The minimum Gasteiger partial charge on any atom is -0.379 e. The summed E-state index contributed by atoms with van der Waals surface area (Å²) in [5.41, 5.74) is 4.37. The number of halogens is 1. The molecule has 12 heteroatoms. The standard InChI is InChI=1S/C21H19FN4O6S/c22-17-3-1-12(9-16(17)20(23)28)24-21(29)15-11-19(27)25-18-4-2-13(10-14(15)18)33(30,31)26-5-7-32-8-6-26/h1-4,9-11H,5-8H2,(H2,23,28)(H,24,29)(H,25,27). The molecule has 1 aromatic heterocycles. The molecule has 4 N–H and O–H groups in total. The van der Waals surface area contributed by atoms with Crippen LogP contribution >= 0.6 is 0 Å². The lowest BCUT2D eigenvalue weighted by Gasteiger charge is -2.26. The van der Waals surface area contributed by atoms with Crippen molar-refractivity contribution in [3.63, 3.8) is 0 Å². The highest BCUT2D eigenvalue weighted by Crippen LogP contribution is 2.24. The van der Waals surface area contributed by atoms with Gasteiger partial charge in [0, 0.05) is 35.7 Å². The number of pyridine rings is 1. The van der Waals surface area contributed by atoms with Crippen molar-refractivity contribution in [2.45, 2.75) is 4.90 Å². The van der Waals surface area contributed by atoms with Gasteiger partial charge in [-0.15, -0.1) is 0 Å². The number of fused-ring (bicyclic) bond motifs is 1. The van der Waals surface area contributed by atoms with Crippen LogP contribution in [0.15, 0.2) is 52.2 Å². The molecule has 2 aromatic carbocycles. The van der Waals surface area contributed by atoms with Gasteiger partial charge in [-0.1, -0.05) is 0 Å². The highest BCUT2D eigenvalue weighted by atomic mass is 32.2. The second kappa shape index (κ2) is 8.73. The number of H-pyrrole nitrogens is 1. The maximum atomic E-state index is 13.7. The minimum absolute atomic E-state index is 0.0456. The number of nitrogens with one attached hydrogen (secondary N) is 2. The van der Waals surface area contributed by atoms with Gasteiger partial charge in [0.05, 0.1) is 29.2 Å². The molecular formula is C21H19FN4O6S. The molecule has 1 fully saturated rings. The van der Waals surface area contributed by atoms with Gasteiger partial charge in [-0.25, -0.2) is 12.8 Å². The van der Waals surface area contributed by atoms with Gasteiger partial charge >= 0.3 is 0 Å². The van der Waals surface area contributed by atoms with Gasteiger partial charge < -0.3 is 20.8 Å². The van der Waals surface area contributed by atoms with Gasteiger partial charge in [0.25, 0.3) is 11.8 Å².